The molecule has 21 heavy (non-hydrogen) atoms. The van der Waals surface area contributed by atoms with Gasteiger partial charge in [-0.15, -0.1) is 11.8 Å². The van der Waals surface area contributed by atoms with Gasteiger partial charge in [-0.05, 0) is 18.2 Å². The first-order chi connectivity index (χ1) is 10.2. The number of para-hydroxylation sites is 2. The Morgan fingerprint density at radius 2 is 1.76 bits per heavy atom. The van der Waals surface area contributed by atoms with Crippen LogP contribution in [0.15, 0.2) is 54.6 Å². The second kappa shape index (κ2) is 5.57. The second-order valence-electron chi connectivity index (χ2n) is 4.58. The SMILES string of the molecule is O=C1CS[C@@H](c2ccccc2[N+](=O)[O-])N1c1ccccc1. The summed E-state index contributed by atoms with van der Waals surface area (Å²) in [5.74, 6) is 0.292. The van der Waals surface area contributed by atoms with Crippen molar-refractivity contribution in [2.75, 3.05) is 10.7 Å². The Balaban J connectivity index is 2.06. The number of hydrogen-bond donors (Lipinski definition) is 0. The molecule has 0 spiro atoms. The smallest absolute Gasteiger partial charge is 0.275 e. The predicted molar refractivity (Wildman–Crippen MR) is 82.2 cm³/mol. The minimum atomic E-state index is -0.401. The number of nitro benzene ring substituents is 1. The van der Waals surface area contributed by atoms with E-state index < -0.39 is 4.92 Å². The number of carbonyl (C=O) groups is 1. The zero-order chi connectivity index (χ0) is 14.8. The van der Waals surface area contributed by atoms with Crippen molar-refractivity contribution in [2.24, 2.45) is 0 Å². The highest BCUT2D eigenvalue weighted by Crippen LogP contribution is 2.44. The predicted octanol–water partition coefficient (Wildman–Crippen LogP) is 3.37. The van der Waals surface area contributed by atoms with Gasteiger partial charge in [0.15, 0.2) is 0 Å². The lowest BCUT2D eigenvalue weighted by atomic mass is 10.1. The van der Waals surface area contributed by atoms with Gasteiger partial charge in [0.05, 0.1) is 16.2 Å². The highest BCUT2D eigenvalue weighted by molar-refractivity contribution is 8.00. The Morgan fingerprint density at radius 3 is 2.48 bits per heavy atom. The molecule has 0 aromatic heterocycles. The minimum Gasteiger partial charge on any atom is -0.295 e. The van der Waals surface area contributed by atoms with Crippen molar-refractivity contribution < 1.29 is 9.72 Å². The van der Waals surface area contributed by atoms with Gasteiger partial charge in [0, 0.05) is 11.8 Å². The molecule has 0 radical (unpaired) electrons. The molecule has 1 heterocycles. The van der Waals surface area contributed by atoms with Crippen LogP contribution in [0.1, 0.15) is 10.9 Å². The standard InChI is InChI=1S/C15H12N2O3S/c18-14-10-21-15(16(14)11-6-2-1-3-7-11)12-8-4-5-9-13(12)17(19)20/h1-9,15H,10H2/t15-/m0/s1. The molecule has 0 saturated carbocycles. The number of benzene rings is 2. The zero-order valence-electron chi connectivity index (χ0n) is 11.0. The molecular formula is C15H12N2O3S. The van der Waals surface area contributed by atoms with Crippen LogP contribution in [0.25, 0.3) is 0 Å². The number of thioether (sulfide) groups is 1. The normalized spacial score (nSPS) is 18.0. The Morgan fingerprint density at radius 1 is 1.10 bits per heavy atom. The maximum Gasteiger partial charge on any atom is 0.275 e. The van der Waals surface area contributed by atoms with Gasteiger partial charge in [0.25, 0.3) is 5.69 Å². The summed E-state index contributed by atoms with van der Waals surface area (Å²) in [4.78, 5) is 24.6. The average Bonchev–Trinajstić information content (AvgIpc) is 2.89. The third kappa shape index (κ3) is 2.50. The summed E-state index contributed by atoms with van der Waals surface area (Å²) in [5.41, 5.74) is 1.36. The van der Waals surface area contributed by atoms with Crippen LogP contribution >= 0.6 is 11.8 Å². The summed E-state index contributed by atoms with van der Waals surface area (Å²) in [7, 11) is 0. The number of amides is 1. The average molecular weight is 300 g/mol. The van der Waals surface area contributed by atoms with Crippen LogP contribution in [0.2, 0.25) is 0 Å². The third-order valence-corrected chi connectivity index (χ3v) is 4.50. The van der Waals surface area contributed by atoms with Crippen molar-refractivity contribution >= 4 is 29.0 Å². The van der Waals surface area contributed by atoms with Gasteiger partial charge in [-0.1, -0.05) is 30.3 Å². The topological polar surface area (TPSA) is 63.4 Å². The van der Waals surface area contributed by atoms with E-state index in [1.54, 1.807) is 23.1 Å². The Bertz CT molecular complexity index is 690. The van der Waals surface area contributed by atoms with Gasteiger partial charge in [-0.3, -0.25) is 19.8 Å². The molecule has 2 aromatic rings. The molecule has 6 heteroatoms. The molecule has 0 aliphatic carbocycles. The molecule has 1 saturated heterocycles. The Kier molecular flexibility index (Phi) is 3.62. The molecule has 1 aliphatic rings. The number of anilines is 1. The fraction of sp³-hybridized carbons (Fsp3) is 0.133. The molecular weight excluding hydrogens is 288 g/mol. The largest absolute Gasteiger partial charge is 0.295 e. The van der Waals surface area contributed by atoms with Gasteiger partial charge in [0.2, 0.25) is 5.91 Å². The van der Waals surface area contributed by atoms with Crippen LogP contribution in [-0.2, 0) is 4.79 Å². The van der Waals surface area contributed by atoms with Crippen molar-refractivity contribution in [2.45, 2.75) is 5.37 Å². The first-order valence-electron chi connectivity index (χ1n) is 6.40. The molecule has 0 N–H and O–H groups in total. The molecule has 1 fully saturated rings. The van der Waals surface area contributed by atoms with Gasteiger partial charge in [-0.2, -0.15) is 0 Å². The lowest BCUT2D eigenvalue weighted by Gasteiger charge is -2.24. The van der Waals surface area contributed by atoms with E-state index >= 15 is 0 Å². The van der Waals surface area contributed by atoms with Gasteiger partial charge in [-0.25, -0.2) is 0 Å². The van der Waals surface area contributed by atoms with Crippen LogP contribution in [0, 0.1) is 10.1 Å². The van der Waals surface area contributed by atoms with Gasteiger partial charge < -0.3 is 0 Å². The molecule has 1 amide bonds. The second-order valence-corrected chi connectivity index (χ2v) is 5.65. The van der Waals surface area contributed by atoms with Crippen LogP contribution in [0.5, 0.6) is 0 Å². The molecule has 5 nitrogen and oxygen atoms in total. The minimum absolute atomic E-state index is 0.0330. The van der Waals surface area contributed by atoms with Gasteiger partial charge >= 0.3 is 0 Å². The summed E-state index contributed by atoms with van der Waals surface area (Å²) in [6.07, 6.45) is 0. The lowest BCUT2D eigenvalue weighted by Crippen LogP contribution is -2.28. The van der Waals surface area contributed by atoms with Crippen molar-refractivity contribution in [1.29, 1.82) is 0 Å². The van der Waals surface area contributed by atoms with E-state index in [9.17, 15) is 14.9 Å². The van der Waals surface area contributed by atoms with Crippen LogP contribution in [-0.4, -0.2) is 16.6 Å². The Hall–Kier alpha value is -2.34. The first-order valence-corrected chi connectivity index (χ1v) is 7.45. The summed E-state index contributed by atoms with van der Waals surface area (Å²) in [6.45, 7) is 0. The zero-order valence-corrected chi connectivity index (χ0v) is 11.8. The quantitative estimate of drug-likeness (QED) is 0.644. The Labute approximate surface area is 125 Å². The number of nitrogens with zero attached hydrogens (tertiary/aromatic N) is 2. The molecule has 1 aliphatic heterocycles. The molecule has 0 bridgehead atoms. The van der Waals surface area contributed by atoms with E-state index in [4.69, 9.17) is 0 Å². The number of rotatable bonds is 3. The van der Waals surface area contributed by atoms with Crippen LogP contribution in [0.4, 0.5) is 11.4 Å². The molecule has 106 valence electrons. The molecule has 3 rings (SSSR count). The van der Waals surface area contributed by atoms with E-state index in [0.29, 0.717) is 11.3 Å². The number of nitro groups is 1. The van der Waals surface area contributed by atoms with Crippen molar-refractivity contribution in [3.8, 4) is 0 Å². The van der Waals surface area contributed by atoms with E-state index in [2.05, 4.69) is 0 Å². The van der Waals surface area contributed by atoms with Gasteiger partial charge in [0.1, 0.15) is 5.37 Å². The molecule has 0 unspecified atom stereocenters. The summed E-state index contributed by atoms with van der Waals surface area (Å²) >= 11 is 1.41. The molecule has 2 aromatic carbocycles. The van der Waals surface area contributed by atoms with Crippen molar-refractivity contribution in [3.05, 3.63) is 70.3 Å². The lowest BCUT2D eigenvalue weighted by molar-refractivity contribution is -0.385. The third-order valence-electron chi connectivity index (χ3n) is 3.30. The van der Waals surface area contributed by atoms with Crippen molar-refractivity contribution in [3.63, 3.8) is 0 Å². The monoisotopic (exact) mass is 300 g/mol. The highest BCUT2D eigenvalue weighted by Gasteiger charge is 2.37. The fourth-order valence-electron chi connectivity index (χ4n) is 2.38. The molecule has 1 atom stereocenters. The number of carbonyl (C=O) groups excluding carboxylic acids is 1. The van der Waals surface area contributed by atoms with E-state index in [0.717, 1.165) is 5.69 Å². The summed E-state index contributed by atoms with van der Waals surface area (Å²) < 4.78 is 0. The van der Waals surface area contributed by atoms with Crippen LogP contribution in [0.3, 0.4) is 0 Å². The first kappa shape index (κ1) is 13.6. The number of hydrogen-bond acceptors (Lipinski definition) is 4. The summed E-state index contributed by atoms with van der Waals surface area (Å²) in [5, 5.41) is 10.8. The van der Waals surface area contributed by atoms with E-state index in [-0.39, 0.29) is 17.0 Å². The van der Waals surface area contributed by atoms with E-state index in [1.807, 2.05) is 30.3 Å². The maximum atomic E-state index is 12.2. The maximum absolute atomic E-state index is 12.2. The van der Waals surface area contributed by atoms with Crippen LogP contribution < -0.4 is 4.90 Å². The fourth-order valence-corrected chi connectivity index (χ4v) is 3.59. The van der Waals surface area contributed by atoms with Crippen molar-refractivity contribution in [1.82, 2.24) is 0 Å². The van der Waals surface area contributed by atoms with E-state index in [1.165, 1.54) is 17.8 Å². The summed E-state index contributed by atoms with van der Waals surface area (Å²) in [6, 6.07) is 15.8. The highest BCUT2D eigenvalue weighted by atomic mass is 32.2.